The molecule has 0 spiro atoms. The average Bonchev–Trinajstić information content (AvgIpc) is 1.76. The van der Waals surface area contributed by atoms with Crippen molar-refractivity contribution in [1.29, 1.82) is 0 Å². The Morgan fingerprint density at radius 3 is 2.12 bits per heavy atom. The summed E-state index contributed by atoms with van der Waals surface area (Å²) in [5, 5.41) is 0. The molecule has 0 aromatic carbocycles. The van der Waals surface area contributed by atoms with Gasteiger partial charge >= 0.3 is 26.2 Å². The topological polar surface area (TPSA) is 0 Å². The molecular weight excluding hydrogens is 175 g/mol. The van der Waals surface area contributed by atoms with Gasteiger partial charge in [0.15, 0.2) is 0 Å². The van der Waals surface area contributed by atoms with Gasteiger partial charge in [-0.3, -0.25) is 6.08 Å². The van der Waals surface area contributed by atoms with Gasteiger partial charge in [0.25, 0.3) is 0 Å². The van der Waals surface area contributed by atoms with Gasteiger partial charge < -0.3 is 16.3 Å². The molecule has 0 N–H and O–H groups in total. The normalized spacial score (nSPS) is 11.0. The molecule has 0 aromatic rings. The summed E-state index contributed by atoms with van der Waals surface area (Å²) in [6.45, 7) is 0. The fraction of sp³-hybridized carbons (Fsp3) is 0.143. The zero-order chi connectivity index (χ0) is 3.54. The van der Waals surface area contributed by atoms with Gasteiger partial charge in [0.2, 0.25) is 0 Å². The largest absolute Gasteiger partial charge is 4.00 e. The minimum absolute atomic E-state index is 0. The number of rotatable bonds is 0. The van der Waals surface area contributed by atoms with Crippen molar-refractivity contribution >= 4 is 0 Å². The average molecular weight is 187 g/mol. The molecule has 0 fully saturated rings. The molecule has 0 aromatic heterocycles. The van der Waals surface area contributed by atoms with Gasteiger partial charge in [0.05, 0.1) is 0 Å². The summed E-state index contributed by atoms with van der Waals surface area (Å²) in [7, 11) is 0. The molecule has 1 rings (SSSR count). The van der Waals surface area contributed by atoms with Crippen LogP contribution in [0.15, 0.2) is 18.2 Å². The first-order chi connectivity index (χ1) is 2.50. The van der Waals surface area contributed by atoms with Crippen LogP contribution < -0.4 is 0 Å². The molecular formula is C7H12Zr. The maximum Gasteiger partial charge on any atom is 4.00 e. The molecule has 0 unspecified atom stereocenters. The van der Waals surface area contributed by atoms with E-state index in [9.17, 15) is 0 Å². The van der Waals surface area contributed by atoms with Crippen LogP contribution >= 0.6 is 0 Å². The number of allylic oxidation sites excluding steroid dienone is 4. The van der Waals surface area contributed by atoms with E-state index in [0.29, 0.717) is 0 Å². The summed E-state index contributed by atoms with van der Waals surface area (Å²) in [5.41, 5.74) is 0. The smallest absolute Gasteiger partial charge is 1.00 e. The maximum absolute atomic E-state index is 2.99. The minimum Gasteiger partial charge on any atom is -1.00 e. The van der Waals surface area contributed by atoms with Crippen LogP contribution in [-0.4, -0.2) is 0 Å². The Labute approximate surface area is 73.3 Å². The van der Waals surface area contributed by atoms with Crippen molar-refractivity contribution in [2.75, 3.05) is 0 Å². The number of hydrogen-bond donors (Lipinski definition) is 0. The Kier molecular flexibility index (Phi) is 20.4. The first kappa shape index (κ1) is 15.8. The molecule has 0 saturated carbocycles. The molecule has 1 heteroatoms. The molecule has 8 heavy (non-hydrogen) atoms. The first-order valence-corrected chi connectivity index (χ1v) is 1.72. The van der Waals surface area contributed by atoms with Gasteiger partial charge in [0, 0.05) is 0 Å². The summed E-state index contributed by atoms with van der Waals surface area (Å²) < 4.78 is 0. The van der Waals surface area contributed by atoms with E-state index in [0.717, 1.165) is 6.42 Å². The third kappa shape index (κ3) is 6.36. The maximum atomic E-state index is 2.99. The van der Waals surface area contributed by atoms with Crippen molar-refractivity contribution in [3.8, 4) is 0 Å². The van der Waals surface area contributed by atoms with Crippen LogP contribution in [0.2, 0.25) is 0 Å². The molecule has 0 atom stereocenters. The fourth-order valence-corrected chi connectivity index (χ4v) is 0.340. The number of hydrogen-bond acceptors (Lipinski definition) is 0. The molecule has 0 amide bonds. The zero-order valence-corrected chi connectivity index (χ0v) is 7.90. The Balaban J connectivity index is -0.0000000312. The second kappa shape index (κ2) is 10.4. The van der Waals surface area contributed by atoms with Gasteiger partial charge in [-0.15, -0.1) is 6.42 Å². The molecule has 0 bridgehead atoms. The molecule has 0 nitrogen and oxygen atoms in total. The van der Waals surface area contributed by atoms with Crippen molar-refractivity contribution in [2.24, 2.45) is 0 Å². The summed E-state index contributed by atoms with van der Waals surface area (Å²) in [6.07, 6.45) is 10.0. The Morgan fingerprint density at radius 1 is 1.38 bits per heavy atom. The predicted molar refractivity (Wildman–Crippen MR) is 35.5 cm³/mol. The van der Waals surface area contributed by atoms with E-state index in [1.54, 1.807) is 0 Å². The van der Waals surface area contributed by atoms with E-state index in [2.05, 4.69) is 12.2 Å². The molecule has 1 aliphatic rings. The summed E-state index contributed by atoms with van der Waals surface area (Å²) >= 11 is 0. The van der Waals surface area contributed by atoms with Crippen molar-refractivity contribution in [2.45, 2.75) is 6.42 Å². The van der Waals surface area contributed by atoms with Gasteiger partial charge in [0.1, 0.15) is 0 Å². The van der Waals surface area contributed by atoms with E-state index in [1.807, 2.05) is 12.2 Å². The molecule has 0 radical (unpaired) electrons. The summed E-state index contributed by atoms with van der Waals surface area (Å²) in [4.78, 5) is 0. The van der Waals surface area contributed by atoms with E-state index in [-0.39, 0.29) is 42.5 Å². The van der Waals surface area contributed by atoms with Crippen LogP contribution in [0.25, 0.3) is 0 Å². The van der Waals surface area contributed by atoms with Crippen molar-refractivity contribution in [1.82, 2.24) is 0 Å². The van der Waals surface area contributed by atoms with Gasteiger partial charge in [-0.05, 0) is 0 Å². The van der Waals surface area contributed by atoms with Crippen LogP contribution in [0.4, 0.5) is 0 Å². The van der Waals surface area contributed by atoms with Crippen LogP contribution in [-0.2, 0) is 26.2 Å². The second-order valence-electron chi connectivity index (χ2n) is 1.00. The second-order valence-corrected chi connectivity index (χ2v) is 1.00. The molecule has 0 saturated heterocycles. The predicted octanol–water partition coefficient (Wildman–Crippen LogP) is 2.32. The minimum atomic E-state index is 0. The van der Waals surface area contributed by atoms with Crippen LogP contribution in [0.1, 0.15) is 7.85 Å². The Hall–Kier alpha value is 0.363. The third-order valence-electron chi connectivity index (χ3n) is 0.586. The van der Waals surface area contributed by atoms with E-state index in [1.165, 1.54) is 0 Å². The zero-order valence-electron chi connectivity index (χ0n) is 6.44. The van der Waals surface area contributed by atoms with Gasteiger partial charge in [-0.25, -0.2) is 12.2 Å². The van der Waals surface area contributed by atoms with Gasteiger partial charge in [-0.1, -0.05) is 0 Å². The standard InChI is InChI=1S/C5H5.2CH3.Zr.H/c1-2-4-5-3-1;;;;/h1-3H,4H2;2*1H3;;/q3*-1;+4;-1. The quantitative estimate of drug-likeness (QED) is 0.511. The van der Waals surface area contributed by atoms with Crippen LogP contribution in [0, 0.1) is 20.9 Å². The van der Waals surface area contributed by atoms with Crippen molar-refractivity contribution in [3.63, 3.8) is 0 Å². The van der Waals surface area contributed by atoms with E-state index in [4.69, 9.17) is 0 Å². The van der Waals surface area contributed by atoms with Crippen LogP contribution in [0.3, 0.4) is 0 Å². The van der Waals surface area contributed by atoms with E-state index < -0.39 is 0 Å². The van der Waals surface area contributed by atoms with Crippen LogP contribution in [0.5, 0.6) is 0 Å². The molecule has 0 aliphatic heterocycles. The summed E-state index contributed by atoms with van der Waals surface area (Å²) in [5.74, 6) is 0. The molecule has 0 heterocycles. The summed E-state index contributed by atoms with van der Waals surface area (Å²) in [6, 6.07) is 0. The van der Waals surface area contributed by atoms with E-state index >= 15 is 0 Å². The van der Waals surface area contributed by atoms with Gasteiger partial charge in [-0.2, -0.15) is 6.08 Å². The third-order valence-corrected chi connectivity index (χ3v) is 0.586. The fourth-order valence-electron chi connectivity index (χ4n) is 0.340. The Morgan fingerprint density at radius 2 is 2.00 bits per heavy atom. The Bertz CT molecular complexity index is 67.0. The van der Waals surface area contributed by atoms with Crippen molar-refractivity contribution < 1.29 is 27.6 Å². The molecule has 1 aliphatic carbocycles. The molecule has 44 valence electrons. The monoisotopic (exact) mass is 186 g/mol. The SMILES string of the molecule is [C-]1=CC=CC1.[CH3-].[CH3-].[H-].[Zr+4]. The first-order valence-electron chi connectivity index (χ1n) is 1.72. The van der Waals surface area contributed by atoms with Crippen molar-refractivity contribution in [3.05, 3.63) is 39.2 Å².